The lowest BCUT2D eigenvalue weighted by molar-refractivity contribution is -0.137. The van der Waals surface area contributed by atoms with Crippen molar-refractivity contribution in [2.75, 3.05) is 54.4 Å². The number of carbonyl (C=O) groups excluding carboxylic acids is 6. The Morgan fingerprint density at radius 1 is 0.796 bits per heavy atom. The van der Waals surface area contributed by atoms with Crippen LogP contribution in [-0.2, 0) is 14.4 Å². The molecule has 280 valence electrons. The minimum atomic E-state index is -1.02. The summed E-state index contributed by atoms with van der Waals surface area (Å²) in [6.45, 7) is 4.13. The zero-order valence-electron chi connectivity index (χ0n) is 29.8. The third kappa shape index (κ3) is 6.71. The number of nitrogens with zero attached hydrogens (tertiary/aromatic N) is 7. The Kier molecular flexibility index (Phi) is 9.42. The van der Waals surface area contributed by atoms with Crippen LogP contribution in [0.15, 0.2) is 42.5 Å². The Hall–Kier alpha value is -5.93. The predicted octanol–water partition coefficient (Wildman–Crippen LogP) is 2.34. The molecule has 8 rings (SSSR count). The van der Waals surface area contributed by atoms with E-state index >= 15 is 0 Å². The summed E-state index contributed by atoms with van der Waals surface area (Å²) in [5.41, 5.74) is 8.69. The van der Waals surface area contributed by atoms with E-state index in [1.165, 1.54) is 12.0 Å². The van der Waals surface area contributed by atoms with E-state index in [-0.39, 0.29) is 47.3 Å². The summed E-state index contributed by atoms with van der Waals surface area (Å²) in [7, 11) is 0. The lowest BCUT2D eigenvalue weighted by atomic mass is 9.89. The molecule has 0 spiro atoms. The van der Waals surface area contributed by atoms with Crippen molar-refractivity contribution in [2.24, 2.45) is 11.7 Å². The van der Waals surface area contributed by atoms with Gasteiger partial charge in [-0.05, 0) is 86.8 Å². The third-order valence-corrected chi connectivity index (χ3v) is 11.3. The number of nitrogens with two attached hydrogens (primary N) is 1. The van der Waals surface area contributed by atoms with Crippen LogP contribution >= 0.6 is 0 Å². The molecule has 0 bridgehead atoms. The molecule has 3 aromatic rings. The molecule has 5 aliphatic heterocycles. The normalized spacial score (nSPS) is 22.1. The number of hydrogen-bond acceptors (Lipinski definition) is 12. The number of primary amides is 1. The van der Waals surface area contributed by atoms with Crippen molar-refractivity contribution in [1.82, 2.24) is 30.3 Å². The van der Waals surface area contributed by atoms with Crippen LogP contribution in [0.25, 0.3) is 0 Å². The largest absolute Gasteiger partial charge is 0.371 e. The molecule has 4 saturated heterocycles. The number of likely N-dealkylation sites (tertiary alicyclic amines) is 1. The second-order valence-electron chi connectivity index (χ2n) is 14.7. The maximum atomic E-state index is 13.7. The number of fused-ring (bicyclic) bond motifs is 1. The number of rotatable bonds is 8. The molecule has 6 heterocycles. The fourth-order valence-corrected chi connectivity index (χ4v) is 8.32. The molecule has 0 saturated carbocycles. The van der Waals surface area contributed by atoms with Crippen molar-refractivity contribution in [3.63, 3.8) is 0 Å². The first kappa shape index (κ1) is 35.1. The standard InChI is InChI=1S/C38H42N10O6/c39-32(50)31-33(42-38(44-43-31)46-15-2-1-3-16-46)40-25-6-4-22(5-7-25)23-12-17-45(18-13-23)35(52)24-14-19-47(21-24)26-8-9-27-28(20-26)37(54)48(36(27)53)29-10-11-30(49)41-34(29)51/h4-9,20,23-24,29H,1-3,10-19,21H2,(H2,39,50)(H,40,42,44)(H,41,49,51). The summed E-state index contributed by atoms with van der Waals surface area (Å²) >= 11 is 0. The van der Waals surface area contributed by atoms with Gasteiger partial charge in [0.25, 0.3) is 17.7 Å². The summed E-state index contributed by atoms with van der Waals surface area (Å²) in [6, 6.07) is 12.1. The van der Waals surface area contributed by atoms with Gasteiger partial charge in [-0.2, -0.15) is 4.98 Å². The summed E-state index contributed by atoms with van der Waals surface area (Å²) in [6.07, 6.45) is 5.78. The van der Waals surface area contributed by atoms with Gasteiger partial charge in [0.05, 0.1) is 17.0 Å². The molecule has 54 heavy (non-hydrogen) atoms. The van der Waals surface area contributed by atoms with Crippen molar-refractivity contribution in [2.45, 2.75) is 63.3 Å². The lowest BCUT2D eigenvalue weighted by Gasteiger charge is -2.34. The minimum absolute atomic E-state index is 0.0144. The number of carbonyl (C=O) groups is 6. The average molecular weight is 735 g/mol. The molecule has 0 aliphatic carbocycles. The van der Waals surface area contributed by atoms with Crippen LogP contribution in [0.4, 0.5) is 23.1 Å². The molecule has 5 aliphatic rings. The summed E-state index contributed by atoms with van der Waals surface area (Å²) < 4.78 is 0. The molecule has 2 unspecified atom stereocenters. The minimum Gasteiger partial charge on any atom is -0.371 e. The second-order valence-corrected chi connectivity index (χ2v) is 14.7. The van der Waals surface area contributed by atoms with Gasteiger partial charge in [0, 0.05) is 57.1 Å². The number of benzene rings is 2. The quantitative estimate of drug-likeness (QED) is 0.286. The fraction of sp³-hybridized carbons (Fsp3) is 0.447. The molecule has 0 radical (unpaired) electrons. The molecule has 6 amide bonds. The van der Waals surface area contributed by atoms with Gasteiger partial charge in [-0.1, -0.05) is 12.1 Å². The van der Waals surface area contributed by atoms with E-state index < -0.39 is 35.6 Å². The highest BCUT2D eigenvalue weighted by atomic mass is 16.2. The van der Waals surface area contributed by atoms with Crippen LogP contribution in [0.3, 0.4) is 0 Å². The van der Waals surface area contributed by atoms with Gasteiger partial charge in [-0.3, -0.25) is 39.0 Å². The van der Waals surface area contributed by atoms with Gasteiger partial charge in [-0.25, -0.2) is 0 Å². The molecule has 2 aromatic carbocycles. The smallest absolute Gasteiger partial charge is 0.273 e. The third-order valence-electron chi connectivity index (χ3n) is 11.3. The van der Waals surface area contributed by atoms with E-state index in [1.807, 2.05) is 17.0 Å². The van der Waals surface area contributed by atoms with Crippen LogP contribution in [0.2, 0.25) is 0 Å². The Morgan fingerprint density at radius 3 is 2.26 bits per heavy atom. The first-order chi connectivity index (χ1) is 26.1. The zero-order chi connectivity index (χ0) is 37.5. The van der Waals surface area contributed by atoms with E-state index in [9.17, 15) is 28.8 Å². The Morgan fingerprint density at radius 2 is 1.54 bits per heavy atom. The summed E-state index contributed by atoms with van der Waals surface area (Å²) in [5.74, 6) is -1.87. The number of piperidine rings is 3. The predicted molar refractivity (Wildman–Crippen MR) is 196 cm³/mol. The first-order valence-electron chi connectivity index (χ1n) is 18.7. The average Bonchev–Trinajstić information content (AvgIpc) is 3.78. The Bertz CT molecular complexity index is 2020. The van der Waals surface area contributed by atoms with Crippen molar-refractivity contribution >= 4 is 58.6 Å². The topological polar surface area (TPSA) is 204 Å². The summed E-state index contributed by atoms with van der Waals surface area (Å²) in [4.78, 5) is 87.9. The number of imide groups is 2. The molecule has 16 heteroatoms. The van der Waals surface area contributed by atoms with Crippen LogP contribution in [0.1, 0.15) is 94.1 Å². The van der Waals surface area contributed by atoms with Crippen LogP contribution < -0.4 is 26.2 Å². The van der Waals surface area contributed by atoms with Crippen LogP contribution in [-0.4, -0.2) is 106 Å². The van der Waals surface area contributed by atoms with Gasteiger partial charge < -0.3 is 25.8 Å². The van der Waals surface area contributed by atoms with E-state index in [4.69, 9.17) is 5.73 Å². The highest BCUT2D eigenvalue weighted by molar-refractivity contribution is 6.23. The maximum absolute atomic E-state index is 13.7. The zero-order valence-corrected chi connectivity index (χ0v) is 29.8. The van der Waals surface area contributed by atoms with Gasteiger partial charge in [0.1, 0.15) is 6.04 Å². The van der Waals surface area contributed by atoms with Crippen LogP contribution in [0, 0.1) is 5.92 Å². The van der Waals surface area contributed by atoms with Gasteiger partial charge in [0.2, 0.25) is 23.7 Å². The lowest BCUT2D eigenvalue weighted by Crippen LogP contribution is -2.54. The van der Waals surface area contributed by atoms with E-state index in [0.717, 1.165) is 55.0 Å². The number of amides is 6. The molecule has 16 nitrogen and oxygen atoms in total. The van der Waals surface area contributed by atoms with E-state index in [1.54, 1.807) is 18.2 Å². The highest BCUT2D eigenvalue weighted by Crippen LogP contribution is 2.35. The van der Waals surface area contributed by atoms with Crippen molar-refractivity contribution in [3.05, 3.63) is 64.8 Å². The number of nitrogens with one attached hydrogen (secondary N) is 2. The highest BCUT2D eigenvalue weighted by Gasteiger charge is 2.45. The number of aromatic nitrogens is 3. The van der Waals surface area contributed by atoms with Gasteiger partial charge in [-0.15, -0.1) is 10.2 Å². The number of anilines is 4. The van der Waals surface area contributed by atoms with Gasteiger partial charge in [0.15, 0.2) is 11.5 Å². The molecular weight excluding hydrogens is 692 g/mol. The summed E-state index contributed by atoms with van der Waals surface area (Å²) in [5, 5.41) is 13.7. The number of hydrogen-bond donors (Lipinski definition) is 3. The van der Waals surface area contributed by atoms with Crippen molar-refractivity contribution in [1.29, 1.82) is 0 Å². The molecular formula is C38H42N10O6. The maximum Gasteiger partial charge on any atom is 0.273 e. The van der Waals surface area contributed by atoms with Crippen molar-refractivity contribution < 1.29 is 28.8 Å². The monoisotopic (exact) mass is 734 g/mol. The molecule has 2 atom stereocenters. The fourth-order valence-electron chi connectivity index (χ4n) is 8.32. The van der Waals surface area contributed by atoms with Gasteiger partial charge >= 0.3 is 0 Å². The SMILES string of the molecule is NC(=O)c1nnc(N2CCCCC2)nc1Nc1ccc(C2CCN(C(=O)C3CCN(c4ccc5c(c4)C(=O)N(C4CCC(=O)NC4=O)C5=O)C3)CC2)cc1. The Labute approximate surface area is 311 Å². The molecule has 4 N–H and O–H groups in total. The van der Waals surface area contributed by atoms with Crippen molar-refractivity contribution in [3.8, 4) is 0 Å². The second kappa shape index (κ2) is 14.5. The Balaban J connectivity index is 0.854. The molecule has 4 fully saturated rings. The van der Waals surface area contributed by atoms with Crippen LogP contribution in [0.5, 0.6) is 0 Å². The van der Waals surface area contributed by atoms with E-state index in [2.05, 4.69) is 47.7 Å². The molecule has 1 aromatic heterocycles. The van der Waals surface area contributed by atoms with E-state index in [0.29, 0.717) is 44.5 Å². The first-order valence-corrected chi connectivity index (χ1v) is 18.7.